The molecular formula is C15H19N3OS2. The van der Waals surface area contributed by atoms with Gasteiger partial charge in [0, 0.05) is 29.3 Å². The van der Waals surface area contributed by atoms with Crippen LogP contribution in [0.1, 0.15) is 33.2 Å². The van der Waals surface area contributed by atoms with E-state index in [1.807, 2.05) is 12.3 Å². The molecule has 1 amide bonds. The fraction of sp³-hybridized carbons (Fsp3) is 0.400. The van der Waals surface area contributed by atoms with Crippen molar-refractivity contribution in [3.8, 4) is 0 Å². The van der Waals surface area contributed by atoms with Gasteiger partial charge in [-0.2, -0.15) is 0 Å². The Bertz CT molecular complexity index is 643. The molecule has 112 valence electrons. The minimum absolute atomic E-state index is 0.0929. The van der Waals surface area contributed by atoms with E-state index in [1.165, 1.54) is 16.6 Å². The Hall–Kier alpha value is -1.53. The fourth-order valence-corrected chi connectivity index (χ4v) is 3.49. The zero-order valence-corrected chi connectivity index (χ0v) is 14.1. The van der Waals surface area contributed by atoms with E-state index < -0.39 is 0 Å². The number of hydrogen-bond donors (Lipinski definition) is 1. The molecular weight excluding hydrogens is 302 g/mol. The number of hydrogen-bond acceptors (Lipinski definition) is 5. The molecule has 2 heterocycles. The molecule has 0 aliphatic carbocycles. The number of carbonyl (C=O) groups excluding carboxylic acids is 1. The van der Waals surface area contributed by atoms with Crippen molar-refractivity contribution in [2.45, 2.75) is 33.6 Å². The Labute approximate surface area is 133 Å². The summed E-state index contributed by atoms with van der Waals surface area (Å²) in [6.07, 6.45) is 5.01. The first-order chi connectivity index (χ1) is 10.1. The van der Waals surface area contributed by atoms with E-state index in [2.05, 4.69) is 29.1 Å². The van der Waals surface area contributed by atoms with Crippen LogP contribution in [0.3, 0.4) is 0 Å². The van der Waals surface area contributed by atoms with E-state index in [9.17, 15) is 4.79 Å². The summed E-state index contributed by atoms with van der Waals surface area (Å²) >= 11 is 3.29. The van der Waals surface area contributed by atoms with Gasteiger partial charge in [-0.25, -0.2) is 9.97 Å². The van der Waals surface area contributed by atoms with E-state index in [-0.39, 0.29) is 5.91 Å². The molecule has 21 heavy (non-hydrogen) atoms. The highest BCUT2D eigenvalue weighted by Gasteiger charge is 2.05. The van der Waals surface area contributed by atoms with Crippen LogP contribution < -0.4 is 5.32 Å². The van der Waals surface area contributed by atoms with Crippen LogP contribution in [0.4, 0.5) is 0 Å². The lowest BCUT2D eigenvalue weighted by Crippen LogP contribution is -2.23. The Morgan fingerprint density at radius 3 is 2.81 bits per heavy atom. The number of rotatable bonds is 6. The van der Waals surface area contributed by atoms with Gasteiger partial charge in [-0.05, 0) is 26.3 Å². The normalized spacial score (nSPS) is 11.2. The predicted molar refractivity (Wildman–Crippen MR) is 88.8 cm³/mol. The highest BCUT2D eigenvalue weighted by Crippen LogP contribution is 2.17. The zero-order valence-electron chi connectivity index (χ0n) is 12.5. The molecule has 0 aromatic carbocycles. The van der Waals surface area contributed by atoms with Gasteiger partial charge in [0.2, 0.25) is 5.91 Å². The van der Waals surface area contributed by atoms with Crippen LogP contribution in [0.15, 0.2) is 11.5 Å². The monoisotopic (exact) mass is 321 g/mol. The molecule has 0 bridgehead atoms. The van der Waals surface area contributed by atoms with Crippen molar-refractivity contribution in [3.05, 3.63) is 37.7 Å². The molecule has 0 aliphatic heterocycles. The second kappa shape index (κ2) is 7.47. The Morgan fingerprint density at radius 2 is 2.19 bits per heavy atom. The first-order valence-corrected chi connectivity index (χ1v) is 8.61. The summed E-state index contributed by atoms with van der Waals surface area (Å²) in [7, 11) is 0. The summed E-state index contributed by atoms with van der Waals surface area (Å²) in [6, 6.07) is 0. The van der Waals surface area contributed by atoms with Gasteiger partial charge in [0.25, 0.3) is 0 Å². The molecule has 0 atom stereocenters. The number of aryl methyl sites for hydroxylation is 3. The Kier molecular flexibility index (Phi) is 5.64. The average molecular weight is 321 g/mol. The van der Waals surface area contributed by atoms with E-state index in [0.717, 1.165) is 28.6 Å². The van der Waals surface area contributed by atoms with Crippen LogP contribution in [0.25, 0.3) is 6.08 Å². The first kappa shape index (κ1) is 15.9. The van der Waals surface area contributed by atoms with Crippen molar-refractivity contribution in [2.75, 3.05) is 6.54 Å². The van der Waals surface area contributed by atoms with Gasteiger partial charge in [-0.1, -0.05) is 6.92 Å². The van der Waals surface area contributed by atoms with Gasteiger partial charge < -0.3 is 5.32 Å². The molecule has 4 nitrogen and oxygen atoms in total. The molecule has 0 saturated carbocycles. The predicted octanol–water partition coefficient (Wildman–Crippen LogP) is 3.15. The van der Waals surface area contributed by atoms with Gasteiger partial charge in [0.15, 0.2) is 0 Å². The third-order valence-electron chi connectivity index (χ3n) is 2.95. The maximum atomic E-state index is 11.7. The number of nitrogens with zero attached hydrogens (tertiary/aromatic N) is 2. The molecule has 2 rings (SSSR count). The summed E-state index contributed by atoms with van der Waals surface area (Å²) < 4.78 is 0. The lowest BCUT2D eigenvalue weighted by molar-refractivity contribution is -0.116. The highest BCUT2D eigenvalue weighted by molar-refractivity contribution is 7.11. The molecule has 2 aromatic heterocycles. The zero-order chi connectivity index (χ0) is 15.2. The summed E-state index contributed by atoms with van der Waals surface area (Å²) in [5, 5.41) is 6.89. The molecule has 0 unspecified atom stereocenters. The lowest BCUT2D eigenvalue weighted by Gasteiger charge is -1.99. The smallest absolute Gasteiger partial charge is 0.244 e. The van der Waals surface area contributed by atoms with Gasteiger partial charge >= 0.3 is 0 Å². The van der Waals surface area contributed by atoms with E-state index >= 15 is 0 Å². The largest absolute Gasteiger partial charge is 0.352 e. The van der Waals surface area contributed by atoms with Crippen LogP contribution in [-0.4, -0.2) is 22.4 Å². The van der Waals surface area contributed by atoms with Gasteiger partial charge in [-0.3, -0.25) is 4.79 Å². The second-order valence-corrected chi connectivity index (χ2v) is 6.98. The van der Waals surface area contributed by atoms with Gasteiger partial charge in [0.1, 0.15) is 0 Å². The first-order valence-electron chi connectivity index (χ1n) is 6.91. The van der Waals surface area contributed by atoms with Gasteiger partial charge in [-0.15, -0.1) is 22.7 Å². The average Bonchev–Trinajstić information content (AvgIpc) is 3.02. The molecule has 0 spiro atoms. The van der Waals surface area contributed by atoms with Crippen molar-refractivity contribution in [1.82, 2.24) is 15.3 Å². The van der Waals surface area contributed by atoms with Crippen molar-refractivity contribution in [3.63, 3.8) is 0 Å². The molecule has 1 N–H and O–H groups in total. The lowest BCUT2D eigenvalue weighted by atomic mass is 10.3. The summed E-state index contributed by atoms with van der Waals surface area (Å²) in [5.74, 6) is -0.0929. The molecule has 2 aromatic rings. The minimum atomic E-state index is -0.0929. The number of thiazole rings is 2. The van der Waals surface area contributed by atoms with E-state index in [4.69, 9.17) is 0 Å². The fourth-order valence-electron chi connectivity index (χ4n) is 1.89. The maximum Gasteiger partial charge on any atom is 0.244 e. The van der Waals surface area contributed by atoms with Crippen LogP contribution >= 0.6 is 22.7 Å². The van der Waals surface area contributed by atoms with Crippen LogP contribution in [0, 0.1) is 13.8 Å². The topological polar surface area (TPSA) is 54.9 Å². The minimum Gasteiger partial charge on any atom is -0.352 e. The molecule has 0 aliphatic rings. The van der Waals surface area contributed by atoms with Crippen molar-refractivity contribution >= 4 is 34.7 Å². The van der Waals surface area contributed by atoms with Crippen LogP contribution in [0.5, 0.6) is 0 Å². The van der Waals surface area contributed by atoms with Crippen molar-refractivity contribution in [2.24, 2.45) is 0 Å². The molecule has 0 fully saturated rings. The van der Waals surface area contributed by atoms with Crippen LogP contribution in [0.2, 0.25) is 0 Å². The highest BCUT2D eigenvalue weighted by atomic mass is 32.1. The number of nitrogens with one attached hydrogen (secondary N) is 1. The SMILES string of the molecule is CCc1nc(CCNC(=O)/C=C\c2csc(C)n2)sc1C. The number of amides is 1. The molecule has 6 heteroatoms. The van der Waals surface area contributed by atoms with Gasteiger partial charge in [0.05, 0.1) is 21.4 Å². The van der Waals surface area contributed by atoms with Crippen molar-refractivity contribution in [1.29, 1.82) is 0 Å². The van der Waals surface area contributed by atoms with E-state index in [1.54, 1.807) is 28.7 Å². The van der Waals surface area contributed by atoms with Crippen molar-refractivity contribution < 1.29 is 4.79 Å². The summed E-state index contributed by atoms with van der Waals surface area (Å²) in [5.41, 5.74) is 2.00. The molecule has 0 saturated heterocycles. The number of carbonyl (C=O) groups is 1. The van der Waals surface area contributed by atoms with Crippen LogP contribution in [-0.2, 0) is 17.6 Å². The quantitative estimate of drug-likeness (QED) is 0.832. The second-order valence-electron chi connectivity index (χ2n) is 4.63. The Morgan fingerprint density at radius 1 is 1.38 bits per heavy atom. The third kappa shape index (κ3) is 4.75. The Balaban J connectivity index is 1.77. The summed E-state index contributed by atoms with van der Waals surface area (Å²) in [6.45, 7) is 6.76. The molecule has 0 radical (unpaired) electrons. The standard InChI is InChI=1S/C15H19N3OS2/c1-4-13-10(2)21-15(18-13)7-8-16-14(19)6-5-12-9-20-11(3)17-12/h5-6,9H,4,7-8H2,1-3H3,(H,16,19)/b6-5-. The number of aromatic nitrogens is 2. The van der Waals surface area contributed by atoms with E-state index in [0.29, 0.717) is 6.54 Å². The maximum absolute atomic E-state index is 11.7. The summed E-state index contributed by atoms with van der Waals surface area (Å²) in [4.78, 5) is 21.8. The third-order valence-corrected chi connectivity index (χ3v) is 4.82.